The summed E-state index contributed by atoms with van der Waals surface area (Å²) in [4.78, 5) is 0. The van der Waals surface area contributed by atoms with Gasteiger partial charge in [-0.15, -0.1) is 0 Å². The Morgan fingerprint density at radius 2 is 2.14 bits per heavy atom. The average molecular weight is 117 g/mol. The zero-order valence-corrected chi connectivity index (χ0v) is 6.69. The summed E-state index contributed by atoms with van der Waals surface area (Å²) in [6.45, 7) is 5.47. The monoisotopic (exact) mass is 117 g/mol. The predicted molar refractivity (Wildman–Crippen MR) is 37.5 cm³/mol. The summed E-state index contributed by atoms with van der Waals surface area (Å²) in [5.74, 6) is 0. The first-order valence-electron chi connectivity index (χ1n) is 2.97. The van der Waals surface area contributed by atoms with Gasteiger partial charge in [-0.3, -0.25) is 0 Å². The first-order valence-corrected chi connectivity index (χ1v) is 4.79. The van der Waals surface area contributed by atoms with Crippen LogP contribution in [-0.2, 0) is 0 Å². The van der Waals surface area contributed by atoms with Crippen LogP contribution in [0.4, 0.5) is 0 Å². The van der Waals surface area contributed by atoms with Crippen molar-refractivity contribution in [2.45, 2.75) is 25.4 Å². The molecule has 0 aliphatic carbocycles. The van der Waals surface area contributed by atoms with Crippen molar-refractivity contribution in [1.82, 2.24) is 0 Å². The van der Waals surface area contributed by atoms with Crippen LogP contribution in [-0.4, -0.2) is 16.1 Å². The van der Waals surface area contributed by atoms with Crippen LogP contribution in [0.5, 0.6) is 0 Å². The first kappa shape index (κ1) is 7.18. The van der Waals surface area contributed by atoms with Gasteiger partial charge in [-0.25, -0.2) is 0 Å². The maximum absolute atomic E-state index is 5.31. The molecule has 0 heterocycles. The zero-order valence-electron chi connectivity index (χ0n) is 5.28. The van der Waals surface area contributed by atoms with Gasteiger partial charge in [0.05, 0.1) is 0 Å². The summed E-state index contributed by atoms with van der Waals surface area (Å²) in [7, 11) is 0.221. The lowest BCUT2D eigenvalue weighted by Crippen LogP contribution is -2.04. The molecule has 0 amide bonds. The second kappa shape index (κ2) is 4.34. The van der Waals surface area contributed by atoms with Crippen molar-refractivity contribution in [3.8, 4) is 0 Å². The predicted octanol–water partition coefficient (Wildman–Crippen LogP) is 0.361. The number of hydrogen-bond donors (Lipinski definition) is 1. The average Bonchev–Trinajstić information content (AvgIpc) is 1.61. The van der Waals surface area contributed by atoms with E-state index in [-0.39, 0.29) is 9.52 Å². The van der Waals surface area contributed by atoms with Crippen molar-refractivity contribution in [1.29, 1.82) is 0 Å². The maximum atomic E-state index is 5.31. The SMILES string of the molecule is CC(C)[SiH2]CCN. The van der Waals surface area contributed by atoms with E-state index in [0.717, 1.165) is 12.1 Å². The van der Waals surface area contributed by atoms with E-state index < -0.39 is 0 Å². The second-order valence-electron chi connectivity index (χ2n) is 2.32. The number of nitrogens with two attached hydrogens (primary N) is 1. The van der Waals surface area contributed by atoms with E-state index in [0.29, 0.717) is 0 Å². The van der Waals surface area contributed by atoms with Gasteiger partial charge in [0.15, 0.2) is 0 Å². The van der Waals surface area contributed by atoms with Crippen molar-refractivity contribution in [2.75, 3.05) is 6.54 Å². The van der Waals surface area contributed by atoms with Crippen LogP contribution in [0.3, 0.4) is 0 Å². The van der Waals surface area contributed by atoms with Crippen molar-refractivity contribution >= 4 is 9.52 Å². The molecule has 0 spiro atoms. The third-order valence-corrected chi connectivity index (χ3v) is 2.96. The van der Waals surface area contributed by atoms with Crippen LogP contribution in [0, 0.1) is 0 Å². The highest BCUT2D eigenvalue weighted by Gasteiger charge is 1.90. The Labute approximate surface area is 48.1 Å². The van der Waals surface area contributed by atoms with Gasteiger partial charge in [-0.05, 0) is 6.54 Å². The van der Waals surface area contributed by atoms with E-state index in [1.54, 1.807) is 0 Å². The van der Waals surface area contributed by atoms with Gasteiger partial charge < -0.3 is 5.73 Å². The van der Waals surface area contributed by atoms with Crippen LogP contribution in [0.15, 0.2) is 0 Å². The van der Waals surface area contributed by atoms with Crippen LogP contribution >= 0.6 is 0 Å². The number of rotatable bonds is 3. The normalized spacial score (nSPS) is 12.0. The lowest BCUT2D eigenvalue weighted by Gasteiger charge is -1.97. The fraction of sp³-hybridized carbons (Fsp3) is 1.00. The Bertz CT molecular complexity index is 37.1. The molecule has 0 bridgehead atoms. The minimum Gasteiger partial charge on any atom is -0.331 e. The van der Waals surface area contributed by atoms with Crippen LogP contribution in [0.1, 0.15) is 13.8 Å². The molecule has 44 valence electrons. The van der Waals surface area contributed by atoms with E-state index >= 15 is 0 Å². The highest BCUT2D eigenvalue weighted by molar-refractivity contribution is 6.37. The molecule has 2 N–H and O–H groups in total. The van der Waals surface area contributed by atoms with Crippen LogP contribution < -0.4 is 5.73 Å². The third kappa shape index (κ3) is 6.18. The highest BCUT2D eigenvalue weighted by atomic mass is 28.2. The Balaban J connectivity index is 2.68. The molecule has 0 fully saturated rings. The van der Waals surface area contributed by atoms with Gasteiger partial charge in [0.25, 0.3) is 0 Å². The molecule has 0 aromatic carbocycles. The summed E-state index contributed by atoms with van der Waals surface area (Å²) in [5, 5.41) is 0. The second-order valence-corrected chi connectivity index (χ2v) is 5.24. The largest absolute Gasteiger partial charge is 0.331 e. The van der Waals surface area contributed by atoms with Gasteiger partial charge in [0.1, 0.15) is 0 Å². The summed E-state index contributed by atoms with van der Waals surface area (Å²) in [5.41, 5.74) is 6.27. The van der Waals surface area contributed by atoms with Gasteiger partial charge >= 0.3 is 0 Å². The topological polar surface area (TPSA) is 26.0 Å². The van der Waals surface area contributed by atoms with E-state index in [1.165, 1.54) is 6.04 Å². The smallest absolute Gasteiger partial charge is 0.0238 e. The molecular weight excluding hydrogens is 102 g/mol. The molecule has 0 atom stereocenters. The standard InChI is InChI=1S/C5H15NSi/c1-5(2)7-4-3-6/h5H,3-4,6-7H2,1-2H3. The Hall–Kier alpha value is 0.177. The third-order valence-electron chi connectivity index (χ3n) is 0.986. The van der Waals surface area contributed by atoms with Crippen molar-refractivity contribution in [3.05, 3.63) is 0 Å². The molecule has 0 aromatic heterocycles. The molecule has 0 aliphatic rings. The molecule has 7 heavy (non-hydrogen) atoms. The first-order chi connectivity index (χ1) is 3.27. The van der Waals surface area contributed by atoms with Gasteiger partial charge in [0.2, 0.25) is 0 Å². The van der Waals surface area contributed by atoms with E-state index in [4.69, 9.17) is 5.73 Å². The van der Waals surface area contributed by atoms with Gasteiger partial charge in [-0.2, -0.15) is 0 Å². The fourth-order valence-corrected chi connectivity index (χ4v) is 1.58. The highest BCUT2D eigenvalue weighted by Crippen LogP contribution is 1.97. The Morgan fingerprint density at radius 3 is 2.29 bits per heavy atom. The molecule has 0 radical (unpaired) electrons. The minimum absolute atomic E-state index is 0.221. The lowest BCUT2D eigenvalue weighted by molar-refractivity contribution is 1.02. The van der Waals surface area contributed by atoms with E-state index in [2.05, 4.69) is 13.8 Å². The minimum atomic E-state index is 0.221. The molecule has 0 saturated carbocycles. The maximum Gasteiger partial charge on any atom is 0.0238 e. The van der Waals surface area contributed by atoms with Gasteiger partial charge in [0, 0.05) is 9.52 Å². The van der Waals surface area contributed by atoms with Crippen LogP contribution in [0.25, 0.3) is 0 Å². The van der Waals surface area contributed by atoms with Crippen molar-refractivity contribution < 1.29 is 0 Å². The number of hydrogen-bond acceptors (Lipinski definition) is 1. The molecule has 0 saturated heterocycles. The molecule has 1 nitrogen and oxygen atoms in total. The summed E-state index contributed by atoms with van der Waals surface area (Å²) >= 11 is 0. The molecule has 2 heteroatoms. The molecule has 0 aromatic rings. The van der Waals surface area contributed by atoms with Crippen molar-refractivity contribution in [3.63, 3.8) is 0 Å². The molecular formula is C5H15NSi. The molecule has 0 unspecified atom stereocenters. The summed E-state index contributed by atoms with van der Waals surface area (Å²) in [6, 6.07) is 1.32. The van der Waals surface area contributed by atoms with E-state index in [9.17, 15) is 0 Å². The lowest BCUT2D eigenvalue weighted by atomic mass is 10.6. The molecule has 0 rings (SSSR count). The summed E-state index contributed by atoms with van der Waals surface area (Å²) in [6.07, 6.45) is 0. The van der Waals surface area contributed by atoms with Gasteiger partial charge in [-0.1, -0.05) is 25.4 Å². The zero-order chi connectivity index (χ0) is 5.70. The summed E-state index contributed by atoms with van der Waals surface area (Å²) < 4.78 is 0. The molecule has 0 aliphatic heterocycles. The van der Waals surface area contributed by atoms with Crippen LogP contribution in [0.2, 0.25) is 11.6 Å². The quantitative estimate of drug-likeness (QED) is 0.531. The Kier molecular flexibility index (Phi) is 4.45. The Morgan fingerprint density at radius 1 is 1.57 bits per heavy atom. The van der Waals surface area contributed by atoms with E-state index in [1.807, 2.05) is 0 Å². The van der Waals surface area contributed by atoms with Crippen molar-refractivity contribution in [2.24, 2.45) is 5.73 Å². The fourth-order valence-electron chi connectivity index (χ4n) is 0.526.